The van der Waals surface area contributed by atoms with E-state index in [1.165, 1.54) is 21.4 Å². The number of aryl methyl sites for hydroxylation is 2. The molecule has 12 heteroatoms. The molecule has 0 aromatic carbocycles. The third kappa shape index (κ3) is 4.47. The molecule has 0 aliphatic carbocycles. The second kappa shape index (κ2) is 10.2. The summed E-state index contributed by atoms with van der Waals surface area (Å²) in [6.07, 6.45) is 6.80. The van der Waals surface area contributed by atoms with E-state index in [0.717, 1.165) is 23.4 Å². The maximum Gasteiger partial charge on any atom is 0.355 e. The Bertz CT molecular complexity index is 1730. The standard InChI is InChI=1S/C29H32FN9O2/c1-6-23(40)38-17(4)13-36(14-18(38)5)26-21-12-22(30)28-32-27(21)39(29(41)33-26)25-19(10-11-31-24(25)16(2)3)8-7-9-20-15-37(28)35-34-20/h6,10-12,15-18H,1,7-9,13-14H2,2-5H3. The molecule has 2 unspecified atom stereocenters. The number of amides is 1. The Morgan fingerprint density at radius 2 is 1.90 bits per heavy atom. The maximum absolute atomic E-state index is 15.8. The Kier molecular flexibility index (Phi) is 6.63. The first-order chi connectivity index (χ1) is 19.7. The summed E-state index contributed by atoms with van der Waals surface area (Å²) >= 11 is 0. The monoisotopic (exact) mass is 557 g/mol. The molecule has 0 N–H and O–H groups in total. The summed E-state index contributed by atoms with van der Waals surface area (Å²) in [5.41, 5.74) is 2.76. The molecule has 2 aliphatic rings. The van der Waals surface area contributed by atoms with Gasteiger partial charge < -0.3 is 9.80 Å². The third-order valence-electron chi connectivity index (χ3n) is 7.87. The van der Waals surface area contributed by atoms with Crippen molar-refractivity contribution in [3.05, 3.63) is 70.4 Å². The smallest absolute Gasteiger partial charge is 0.352 e. The molecule has 11 nitrogen and oxygen atoms in total. The Balaban J connectivity index is 1.64. The fourth-order valence-corrected chi connectivity index (χ4v) is 6.11. The number of hydrogen-bond acceptors (Lipinski definition) is 8. The Morgan fingerprint density at radius 1 is 1.15 bits per heavy atom. The van der Waals surface area contributed by atoms with Gasteiger partial charge in [-0.3, -0.25) is 9.78 Å². The van der Waals surface area contributed by atoms with Crippen LogP contribution in [0.3, 0.4) is 0 Å². The van der Waals surface area contributed by atoms with Gasteiger partial charge in [-0.2, -0.15) is 9.67 Å². The summed E-state index contributed by atoms with van der Waals surface area (Å²) in [7, 11) is 0. The van der Waals surface area contributed by atoms with Crippen molar-refractivity contribution in [2.45, 2.75) is 65.0 Å². The topological polar surface area (TPSA) is 115 Å². The number of hydrogen-bond donors (Lipinski definition) is 0. The van der Waals surface area contributed by atoms with Crippen molar-refractivity contribution >= 4 is 22.8 Å². The number of pyridine rings is 2. The van der Waals surface area contributed by atoms with Gasteiger partial charge in [0.25, 0.3) is 0 Å². The van der Waals surface area contributed by atoms with E-state index in [-0.39, 0.29) is 35.4 Å². The van der Waals surface area contributed by atoms with Gasteiger partial charge in [-0.05, 0) is 62.8 Å². The lowest BCUT2D eigenvalue weighted by atomic mass is 10.00. The second-order valence-corrected chi connectivity index (χ2v) is 11.1. The van der Waals surface area contributed by atoms with Crippen LogP contribution in [-0.2, 0) is 17.6 Å². The molecule has 1 amide bonds. The molecule has 2 aliphatic heterocycles. The van der Waals surface area contributed by atoms with E-state index in [1.807, 2.05) is 38.7 Å². The van der Waals surface area contributed by atoms with Crippen molar-refractivity contribution in [3.63, 3.8) is 0 Å². The molecule has 1 saturated heterocycles. The molecule has 0 saturated carbocycles. The van der Waals surface area contributed by atoms with E-state index in [2.05, 4.69) is 26.9 Å². The van der Waals surface area contributed by atoms with E-state index in [1.54, 1.807) is 17.3 Å². The van der Waals surface area contributed by atoms with Crippen LogP contribution in [0.25, 0.3) is 22.5 Å². The minimum Gasteiger partial charge on any atom is -0.352 e. The number of fused-ring (bicyclic) bond motifs is 6. The van der Waals surface area contributed by atoms with Crippen LogP contribution < -0.4 is 10.6 Å². The average Bonchev–Trinajstić information content (AvgIpc) is 3.40. The van der Waals surface area contributed by atoms with Gasteiger partial charge in [0.1, 0.15) is 5.82 Å². The molecule has 212 valence electrons. The van der Waals surface area contributed by atoms with Gasteiger partial charge in [-0.1, -0.05) is 25.6 Å². The lowest BCUT2D eigenvalue weighted by Gasteiger charge is -2.44. The van der Waals surface area contributed by atoms with Crippen molar-refractivity contribution in [1.82, 2.24) is 39.4 Å². The van der Waals surface area contributed by atoms with Crippen molar-refractivity contribution < 1.29 is 9.18 Å². The minimum atomic E-state index is -0.615. The van der Waals surface area contributed by atoms with Crippen LogP contribution in [-0.4, -0.2) is 70.5 Å². The Hall–Kier alpha value is -4.48. The fraction of sp³-hybridized carbons (Fsp3) is 0.414. The van der Waals surface area contributed by atoms with Crippen LogP contribution in [0.2, 0.25) is 0 Å². The van der Waals surface area contributed by atoms with Crippen LogP contribution in [0.15, 0.2) is 42.0 Å². The lowest BCUT2D eigenvalue weighted by Crippen LogP contribution is -2.58. The van der Waals surface area contributed by atoms with Crippen LogP contribution in [0.4, 0.5) is 10.2 Å². The number of rotatable bonds is 3. The summed E-state index contributed by atoms with van der Waals surface area (Å²) in [4.78, 5) is 44.2. The highest BCUT2D eigenvalue weighted by atomic mass is 19.1. The molecular weight excluding hydrogens is 525 g/mol. The van der Waals surface area contributed by atoms with Crippen molar-refractivity contribution in [2.75, 3.05) is 18.0 Å². The van der Waals surface area contributed by atoms with Gasteiger partial charge in [0.15, 0.2) is 17.3 Å². The first-order valence-electron chi connectivity index (χ1n) is 13.9. The van der Waals surface area contributed by atoms with E-state index < -0.39 is 11.5 Å². The molecular formula is C29H32FN9O2. The van der Waals surface area contributed by atoms with Gasteiger partial charge in [0.2, 0.25) is 5.91 Å². The molecule has 6 rings (SSSR count). The zero-order valence-corrected chi connectivity index (χ0v) is 23.6. The number of halogens is 1. The molecule has 4 aromatic heterocycles. The molecule has 0 radical (unpaired) electrons. The zero-order chi connectivity index (χ0) is 29.0. The van der Waals surface area contributed by atoms with Gasteiger partial charge in [0.05, 0.1) is 28.7 Å². The van der Waals surface area contributed by atoms with E-state index in [0.29, 0.717) is 42.8 Å². The highest BCUT2D eigenvalue weighted by molar-refractivity contribution is 5.90. The molecule has 4 bridgehead atoms. The van der Waals surface area contributed by atoms with Crippen LogP contribution >= 0.6 is 0 Å². The van der Waals surface area contributed by atoms with Crippen molar-refractivity contribution in [3.8, 4) is 11.5 Å². The van der Waals surface area contributed by atoms with Gasteiger partial charge >= 0.3 is 5.69 Å². The van der Waals surface area contributed by atoms with Gasteiger partial charge in [-0.25, -0.2) is 18.7 Å². The predicted octanol–water partition coefficient (Wildman–Crippen LogP) is 3.12. The quantitative estimate of drug-likeness (QED) is 0.353. The van der Waals surface area contributed by atoms with Crippen molar-refractivity contribution in [2.24, 2.45) is 0 Å². The Labute approximate surface area is 236 Å². The number of carbonyl (C=O) groups is 1. The minimum absolute atomic E-state index is 0.00390. The summed E-state index contributed by atoms with van der Waals surface area (Å²) in [6.45, 7) is 12.3. The molecule has 0 spiro atoms. The van der Waals surface area contributed by atoms with Crippen LogP contribution in [0.1, 0.15) is 57.0 Å². The van der Waals surface area contributed by atoms with Crippen molar-refractivity contribution in [1.29, 1.82) is 0 Å². The number of aromatic nitrogens is 7. The lowest BCUT2D eigenvalue weighted by molar-refractivity contribution is -0.130. The fourth-order valence-electron chi connectivity index (χ4n) is 6.11. The zero-order valence-electron chi connectivity index (χ0n) is 23.6. The average molecular weight is 558 g/mol. The first kappa shape index (κ1) is 26.7. The Morgan fingerprint density at radius 3 is 2.61 bits per heavy atom. The van der Waals surface area contributed by atoms with E-state index in [4.69, 9.17) is 4.98 Å². The number of anilines is 1. The summed E-state index contributed by atoms with van der Waals surface area (Å²) in [5.74, 6) is -0.497. The number of nitrogens with zero attached hydrogens (tertiary/aromatic N) is 9. The van der Waals surface area contributed by atoms with Crippen LogP contribution in [0, 0.1) is 5.82 Å². The molecule has 6 heterocycles. The second-order valence-electron chi connectivity index (χ2n) is 11.1. The van der Waals surface area contributed by atoms with E-state index in [9.17, 15) is 9.59 Å². The number of piperazine rings is 1. The third-order valence-corrected chi connectivity index (χ3v) is 7.87. The largest absolute Gasteiger partial charge is 0.355 e. The molecule has 1 fully saturated rings. The van der Waals surface area contributed by atoms with Gasteiger partial charge in [0, 0.05) is 31.4 Å². The van der Waals surface area contributed by atoms with Crippen LogP contribution in [0.5, 0.6) is 0 Å². The number of carbonyl (C=O) groups excluding carboxylic acids is 1. The van der Waals surface area contributed by atoms with Gasteiger partial charge in [-0.15, -0.1) is 5.10 Å². The SMILES string of the molecule is C=CC(=O)N1C(C)CN(c2nc(=O)n3c4nc(c(F)cc24)-n2cc(nn2)CCCc2ccnc(C(C)C)c2-3)CC1C. The molecule has 2 atom stereocenters. The summed E-state index contributed by atoms with van der Waals surface area (Å²) in [6, 6.07) is 2.90. The summed E-state index contributed by atoms with van der Waals surface area (Å²) < 4.78 is 18.6. The molecule has 4 aromatic rings. The maximum atomic E-state index is 15.8. The highest BCUT2D eigenvalue weighted by Gasteiger charge is 2.34. The predicted molar refractivity (Wildman–Crippen MR) is 152 cm³/mol. The normalized spacial score (nSPS) is 18.8. The summed E-state index contributed by atoms with van der Waals surface area (Å²) in [5, 5.41) is 8.74. The first-order valence-corrected chi connectivity index (χ1v) is 13.9. The van der Waals surface area contributed by atoms with E-state index >= 15 is 4.39 Å². The highest BCUT2D eigenvalue weighted by Crippen LogP contribution is 2.33. The molecule has 41 heavy (non-hydrogen) atoms.